The quantitative estimate of drug-likeness (QED) is 0.692. The third kappa shape index (κ3) is 1.74. The molecule has 1 heterocycles. The molecule has 0 saturated carbocycles. The van der Waals surface area contributed by atoms with Gasteiger partial charge >= 0.3 is 0 Å². The van der Waals surface area contributed by atoms with Crippen molar-refractivity contribution in [2.75, 3.05) is 7.11 Å². The summed E-state index contributed by atoms with van der Waals surface area (Å²) in [5.74, 6) is 0.868. The van der Waals surface area contributed by atoms with Crippen LogP contribution in [-0.4, -0.2) is 11.7 Å². The lowest BCUT2D eigenvalue weighted by atomic mass is 10.0. The maximum Gasteiger partial charge on any atom is 0.257 e. The highest BCUT2D eigenvalue weighted by molar-refractivity contribution is 5.32. The summed E-state index contributed by atoms with van der Waals surface area (Å²) in [6.07, 6.45) is 1.72. The van der Waals surface area contributed by atoms with Crippen molar-refractivity contribution in [2.45, 2.75) is 19.8 Å². The summed E-state index contributed by atoms with van der Waals surface area (Å²) in [5.41, 5.74) is 0.766. The zero-order valence-electron chi connectivity index (χ0n) is 8.50. The molecule has 1 rings (SSSR count). The Labute approximate surface area is 78.0 Å². The number of aromatic nitrogens is 1. The van der Waals surface area contributed by atoms with Crippen LogP contribution in [0, 0.1) is 0 Å². The summed E-state index contributed by atoms with van der Waals surface area (Å²) in [6, 6.07) is 1.82. The van der Waals surface area contributed by atoms with Gasteiger partial charge in [-0.3, -0.25) is 4.79 Å². The van der Waals surface area contributed by atoms with Gasteiger partial charge in [0.25, 0.3) is 5.56 Å². The minimum atomic E-state index is 0.0225. The maximum atomic E-state index is 11.7. The smallest absolute Gasteiger partial charge is 0.257 e. The molecule has 0 aliphatic heterocycles. The molecule has 0 fully saturated rings. The molecule has 1 aromatic heterocycles. The first kappa shape index (κ1) is 9.84. The highest BCUT2D eigenvalue weighted by Gasteiger charge is 2.12. The van der Waals surface area contributed by atoms with Crippen molar-refractivity contribution in [3.63, 3.8) is 0 Å². The van der Waals surface area contributed by atoms with Gasteiger partial charge in [0.2, 0.25) is 0 Å². The Hall–Kier alpha value is -1.25. The average molecular weight is 181 g/mol. The second-order valence-electron chi connectivity index (χ2n) is 3.37. The van der Waals surface area contributed by atoms with E-state index in [-0.39, 0.29) is 11.5 Å². The molecule has 3 heteroatoms. The average Bonchev–Trinajstić information content (AvgIpc) is 2.08. The van der Waals surface area contributed by atoms with E-state index in [1.165, 1.54) is 0 Å². The Morgan fingerprint density at radius 2 is 2.08 bits per heavy atom. The second-order valence-corrected chi connectivity index (χ2v) is 3.37. The van der Waals surface area contributed by atoms with E-state index in [9.17, 15) is 4.79 Å². The van der Waals surface area contributed by atoms with Crippen LogP contribution in [-0.2, 0) is 7.05 Å². The van der Waals surface area contributed by atoms with Crippen molar-refractivity contribution in [2.24, 2.45) is 7.05 Å². The molecule has 0 radical (unpaired) electrons. The van der Waals surface area contributed by atoms with Crippen molar-refractivity contribution in [3.05, 3.63) is 28.2 Å². The van der Waals surface area contributed by atoms with Gasteiger partial charge in [0.1, 0.15) is 5.75 Å². The van der Waals surface area contributed by atoms with Gasteiger partial charge in [0.15, 0.2) is 0 Å². The van der Waals surface area contributed by atoms with Crippen LogP contribution in [0.4, 0.5) is 0 Å². The molecular weight excluding hydrogens is 166 g/mol. The van der Waals surface area contributed by atoms with Crippen LogP contribution in [0.2, 0.25) is 0 Å². The minimum absolute atomic E-state index is 0.0225. The molecule has 0 aliphatic carbocycles. The van der Waals surface area contributed by atoms with Crippen LogP contribution >= 0.6 is 0 Å². The molecule has 1 aromatic rings. The van der Waals surface area contributed by atoms with Crippen molar-refractivity contribution in [3.8, 4) is 5.75 Å². The predicted molar refractivity (Wildman–Crippen MR) is 52.3 cm³/mol. The first-order valence-corrected chi connectivity index (χ1v) is 4.31. The zero-order chi connectivity index (χ0) is 10.0. The number of methoxy groups -OCH3 is 1. The third-order valence-electron chi connectivity index (χ3n) is 2.06. The third-order valence-corrected chi connectivity index (χ3v) is 2.06. The van der Waals surface area contributed by atoms with E-state index >= 15 is 0 Å². The first-order chi connectivity index (χ1) is 6.07. The Kier molecular flexibility index (Phi) is 2.76. The van der Waals surface area contributed by atoms with Crippen molar-refractivity contribution in [1.82, 2.24) is 4.57 Å². The first-order valence-electron chi connectivity index (χ1n) is 4.31. The predicted octanol–water partition coefficient (Wildman–Crippen LogP) is 1.52. The molecule has 0 amide bonds. The van der Waals surface area contributed by atoms with Gasteiger partial charge in [-0.05, 0) is 12.0 Å². The van der Waals surface area contributed by atoms with Gasteiger partial charge in [-0.25, -0.2) is 0 Å². The fraction of sp³-hybridized carbons (Fsp3) is 0.500. The molecule has 0 saturated heterocycles. The topological polar surface area (TPSA) is 31.2 Å². The summed E-state index contributed by atoms with van der Waals surface area (Å²) in [6.45, 7) is 3.97. The van der Waals surface area contributed by atoms with Crippen LogP contribution in [0.1, 0.15) is 25.3 Å². The number of ether oxygens (including phenoxy) is 1. The standard InChI is InChI=1S/C10H15NO2/c1-7(2)9-8(13-4)5-6-11(3)10(9)12/h5-7H,1-4H3. The van der Waals surface area contributed by atoms with Crippen LogP contribution in [0.15, 0.2) is 17.1 Å². The molecule has 0 N–H and O–H groups in total. The molecule has 0 bridgehead atoms. The van der Waals surface area contributed by atoms with Gasteiger partial charge in [0.05, 0.1) is 12.7 Å². The van der Waals surface area contributed by atoms with Gasteiger partial charge < -0.3 is 9.30 Å². The molecule has 72 valence electrons. The summed E-state index contributed by atoms with van der Waals surface area (Å²) < 4.78 is 6.70. The van der Waals surface area contributed by atoms with Gasteiger partial charge in [-0.15, -0.1) is 0 Å². The molecule has 0 spiro atoms. The minimum Gasteiger partial charge on any atom is -0.496 e. The number of rotatable bonds is 2. The lowest BCUT2D eigenvalue weighted by Crippen LogP contribution is -2.21. The SMILES string of the molecule is COc1ccn(C)c(=O)c1C(C)C. The maximum absolute atomic E-state index is 11.7. The number of hydrogen-bond donors (Lipinski definition) is 0. The van der Waals surface area contributed by atoms with E-state index in [1.54, 1.807) is 24.9 Å². The van der Waals surface area contributed by atoms with E-state index in [1.807, 2.05) is 19.9 Å². The monoisotopic (exact) mass is 181 g/mol. The Morgan fingerprint density at radius 3 is 2.54 bits per heavy atom. The lowest BCUT2D eigenvalue weighted by Gasteiger charge is -2.11. The van der Waals surface area contributed by atoms with E-state index in [4.69, 9.17) is 4.74 Å². The fourth-order valence-corrected chi connectivity index (χ4v) is 1.34. The summed E-state index contributed by atoms with van der Waals surface area (Å²) >= 11 is 0. The van der Waals surface area contributed by atoms with Crippen LogP contribution in [0.25, 0.3) is 0 Å². The number of nitrogens with zero attached hydrogens (tertiary/aromatic N) is 1. The zero-order valence-corrected chi connectivity index (χ0v) is 8.50. The van der Waals surface area contributed by atoms with E-state index in [0.29, 0.717) is 5.75 Å². The Bertz CT molecular complexity index is 352. The van der Waals surface area contributed by atoms with Crippen molar-refractivity contribution in [1.29, 1.82) is 0 Å². The highest BCUT2D eigenvalue weighted by atomic mass is 16.5. The summed E-state index contributed by atoms with van der Waals surface area (Å²) in [5, 5.41) is 0. The van der Waals surface area contributed by atoms with Gasteiger partial charge in [-0.1, -0.05) is 13.8 Å². The van der Waals surface area contributed by atoms with Crippen LogP contribution in [0.5, 0.6) is 5.75 Å². The van der Waals surface area contributed by atoms with Crippen molar-refractivity contribution >= 4 is 0 Å². The molecule has 0 aliphatic rings. The number of aryl methyl sites for hydroxylation is 1. The fourth-order valence-electron chi connectivity index (χ4n) is 1.34. The molecular formula is C10H15NO2. The summed E-state index contributed by atoms with van der Waals surface area (Å²) in [4.78, 5) is 11.7. The lowest BCUT2D eigenvalue weighted by molar-refractivity contribution is 0.404. The highest BCUT2D eigenvalue weighted by Crippen LogP contribution is 2.21. The van der Waals surface area contributed by atoms with Gasteiger partial charge in [-0.2, -0.15) is 0 Å². The second kappa shape index (κ2) is 3.64. The van der Waals surface area contributed by atoms with Crippen LogP contribution in [0.3, 0.4) is 0 Å². The van der Waals surface area contributed by atoms with Crippen molar-refractivity contribution < 1.29 is 4.74 Å². The molecule has 3 nitrogen and oxygen atoms in total. The molecule has 0 unspecified atom stereocenters. The Balaban J connectivity index is 3.42. The van der Waals surface area contributed by atoms with Gasteiger partial charge in [0, 0.05) is 13.2 Å². The molecule has 0 atom stereocenters. The number of pyridine rings is 1. The van der Waals surface area contributed by atoms with E-state index < -0.39 is 0 Å². The molecule has 13 heavy (non-hydrogen) atoms. The van der Waals surface area contributed by atoms with E-state index in [2.05, 4.69) is 0 Å². The Morgan fingerprint density at radius 1 is 1.46 bits per heavy atom. The molecule has 0 aromatic carbocycles. The largest absolute Gasteiger partial charge is 0.496 e. The van der Waals surface area contributed by atoms with E-state index in [0.717, 1.165) is 5.56 Å². The van der Waals surface area contributed by atoms with Crippen LogP contribution < -0.4 is 10.3 Å². The number of hydrogen-bond acceptors (Lipinski definition) is 2. The summed E-state index contributed by atoms with van der Waals surface area (Å²) in [7, 11) is 3.33. The normalized spacial score (nSPS) is 10.5.